The van der Waals surface area contributed by atoms with E-state index < -0.39 is 42.0 Å². The Kier molecular flexibility index (Phi) is 6.90. The molecular weight excluding hydrogens is 460 g/mol. The minimum atomic E-state index is -1.13. The van der Waals surface area contributed by atoms with Crippen LogP contribution < -0.4 is 0 Å². The number of hydrogen-bond donors (Lipinski definition) is 0. The summed E-state index contributed by atoms with van der Waals surface area (Å²) in [5.41, 5.74) is 1.53. The van der Waals surface area contributed by atoms with Gasteiger partial charge in [-0.25, -0.2) is 9.59 Å². The molecule has 0 N–H and O–H groups in total. The minimum absolute atomic E-state index is 0.160. The minimum Gasteiger partial charge on any atom is -0.433 e. The van der Waals surface area contributed by atoms with Crippen LogP contribution in [0.25, 0.3) is 0 Å². The molecule has 2 heterocycles. The average molecular weight is 496 g/mol. The lowest BCUT2D eigenvalue weighted by Gasteiger charge is -2.41. The topological polar surface area (TPSA) is 88.1 Å². The van der Waals surface area contributed by atoms with E-state index in [9.17, 15) is 14.4 Å². The lowest BCUT2D eigenvalue weighted by Crippen LogP contribution is -2.47. The molecule has 2 spiro atoms. The summed E-state index contributed by atoms with van der Waals surface area (Å²) in [6, 6.07) is 0. The van der Waals surface area contributed by atoms with Crippen LogP contribution in [0.3, 0.4) is 0 Å². The first-order chi connectivity index (χ1) is 17.9. The Bertz CT molecular complexity index is 1060. The third kappa shape index (κ3) is 5.41. The fourth-order valence-corrected chi connectivity index (χ4v) is 5.44. The van der Waals surface area contributed by atoms with E-state index in [4.69, 9.17) is 20.3 Å². The molecule has 0 aromatic heterocycles. The van der Waals surface area contributed by atoms with Crippen molar-refractivity contribution >= 4 is 17.9 Å². The second kappa shape index (κ2) is 10.6. The Morgan fingerprint density at radius 3 is 2.19 bits per heavy atom. The third-order valence-electron chi connectivity index (χ3n) is 7.51. The molecule has 2 aliphatic heterocycles. The first kappa shape index (κ1) is 23.5. The summed E-state index contributed by atoms with van der Waals surface area (Å²) < 4.78 is 31.2. The van der Waals surface area contributed by atoms with Crippen LogP contribution in [0.1, 0.15) is 78.4 Å². The molecule has 0 aromatic carbocycles. The predicted molar refractivity (Wildman–Crippen MR) is 131 cm³/mol. The smallest absolute Gasteiger partial charge is 0.348 e. The van der Waals surface area contributed by atoms with Crippen LogP contribution in [-0.2, 0) is 33.3 Å². The van der Waals surface area contributed by atoms with Gasteiger partial charge in [0.25, 0.3) is 5.79 Å². The maximum atomic E-state index is 12.9. The van der Waals surface area contributed by atoms with Gasteiger partial charge < -0.3 is 18.9 Å². The molecule has 192 valence electrons. The molecule has 2 saturated heterocycles. The fraction of sp³-hybridized carbons (Fsp3) is 0.552. The molecule has 2 unspecified atom stereocenters. The molecule has 2 saturated carbocycles. The van der Waals surface area contributed by atoms with Crippen molar-refractivity contribution in [3.63, 3.8) is 0 Å². The van der Waals surface area contributed by atoms with Crippen molar-refractivity contribution in [2.24, 2.45) is 5.92 Å². The Labute approximate surface area is 213 Å². The summed E-state index contributed by atoms with van der Waals surface area (Å²) in [4.78, 5) is 38.3. The zero-order valence-corrected chi connectivity index (χ0v) is 20.5. The first-order valence-corrected chi connectivity index (χ1v) is 13.1. The van der Waals surface area contributed by atoms with Crippen molar-refractivity contribution in [1.82, 2.24) is 0 Å². The Hall–Kier alpha value is -2.93. The quantitative estimate of drug-likeness (QED) is 0.227. The van der Waals surface area contributed by atoms with E-state index >= 15 is 0 Å². The molecule has 5 aliphatic rings. The van der Waals surface area contributed by atoms with Gasteiger partial charge in [-0.2, -0.15) is 0 Å². The Morgan fingerprint density at radius 2 is 1.58 bits per heavy atom. The number of carbonyl (C=O) groups excluding carboxylic acids is 3. The lowest BCUT2D eigenvalue weighted by atomic mass is 9.92. The first-order valence-electron chi connectivity index (χ1n) is 13.7. The van der Waals surface area contributed by atoms with Gasteiger partial charge in [0.1, 0.15) is 5.57 Å². The number of carbonyl (C=O) groups is 3. The monoisotopic (exact) mass is 495 g/mol. The zero-order chi connectivity index (χ0) is 25.9. The van der Waals surface area contributed by atoms with Gasteiger partial charge in [-0.05, 0) is 55.7 Å². The van der Waals surface area contributed by atoms with Crippen LogP contribution >= 0.6 is 0 Å². The average Bonchev–Trinajstić information content (AvgIpc) is 2.88. The van der Waals surface area contributed by atoms with E-state index in [1.165, 1.54) is 6.08 Å². The zero-order valence-electron chi connectivity index (χ0n) is 21.5. The molecule has 7 nitrogen and oxygen atoms in total. The van der Waals surface area contributed by atoms with Gasteiger partial charge in [0.15, 0.2) is 0 Å². The van der Waals surface area contributed by atoms with Crippen LogP contribution in [0, 0.1) is 5.92 Å². The standard InChI is InChI=1S/C29H34O7/c30-25-23(20-33-28(34-25)16-6-2-7-17-28)13-12-22(21-10-4-1-5-11-21)14-15-24-26(31)35-29(36-27(24)32)18-8-3-9-19-29/h1,4,10,12-15,23H,2-3,5-9,11,16-20H2/b13-12+,22-14-/i20D. The van der Waals surface area contributed by atoms with Crippen molar-refractivity contribution in [3.05, 3.63) is 59.3 Å². The van der Waals surface area contributed by atoms with Crippen LogP contribution in [0.4, 0.5) is 0 Å². The van der Waals surface area contributed by atoms with E-state index in [0.717, 1.165) is 56.9 Å². The molecule has 3 aliphatic carbocycles. The molecule has 4 fully saturated rings. The van der Waals surface area contributed by atoms with Gasteiger partial charge in [-0.1, -0.05) is 49.3 Å². The highest BCUT2D eigenvalue weighted by Crippen LogP contribution is 2.38. The van der Waals surface area contributed by atoms with E-state index in [-0.39, 0.29) is 5.57 Å². The van der Waals surface area contributed by atoms with E-state index in [2.05, 4.69) is 6.08 Å². The van der Waals surface area contributed by atoms with E-state index in [0.29, 0.717) is 31.3 Å². The Balaban J connectivity index is 1.36. The maximum Gasteiger partial charge on any atom is 0.348 e. The summed E-state index contributed by atoms with van der Waals surface area (Å²) in [6.07, 6.45) is 21.9. The highest BCUT2D eigenvalue weighted by molar-refractivity contribution is 6.15. The fourth-order valence-electron chi connectivity index (χ4n) is 5.44. The van der Waals surface area contributed by atoms with Gasteiger partial charge in [-0.3, -0.25) is 4.79 Å². The van der Waals surface area contributed by atoms with Crippen molar-refractivity contribution in [1.29, 1.82) is 0 Å². The van der Waals surface area contributed by atoms with Crippen LogP contribution in [-0.4, -0.2) is 36.1 Å². The second-order valence-electron chi connectivity index (χ2n) is 10.1. The van der Waals surface area contributed by atoms with Crippen molar-refractivity contribution < 1.29 is 34.7 Å². The number of ether oxygens (including phenoxy) is 4. The van der Waals surface area contributed by atoms with Crippen LogP contribution in [0.5, 0.6) is 0 Å². The molecular formula is C29H34O7. The van der Waals surface area contributed by atoms with Gasteiger partial charge in [0.05, 0.1) is 13.9 Å². The number of rotatable bonds is 4. The summed E-state index contributed by atoms with van der Waals surface area (Å²) >= 11 is 0. The largest absolute Gasteiger partial charge is 0.433 e. The highest BCUT2D eigenvalue weighted by Gasteiger charge is 2.46. The predicted octanol–water partition coefficient (Wildman–Crippen LogP) is 5.28. The summed E-state index contributed by atoms with van der Waals surface area (Å²) in [6.45, 7) is -1.06. The number of allylic oxidation sites excluding steroid dienone is 8. The van der Waals surface area contributed by atoms with E-state index in [1.54, 1.807) is 18.2 Å². The molecule has 5 rings (SSSR count). The summed E-state index contributed by atoms with van der Waals surface area (Å²) in [7, 11) is 0. The van der Waals surface area contributed by atoms with Crippen molar-refractivity contribution in [2.45, 2.75) is 88.6 Å². The maximum absolute atomic E-state index is 12.9. The number of esters is 3. The van der Waals surface area contributed by atoms with Crippen LogP contribution in [0.15, 0.2) is 59.3 Å². The van der Waals surface area contributed by atoms with Gasteiger partial charge in [0, 0.05) is 25.7 Å². The van der Waals surface area contributed by atoms with Crippen molar-refractivity contribution in [3.8, 4) is 0 Å². The van der Waals surface area contributed by atoms with Crippen molar-refractivity contribution in [2.75, 3.05) is 6.58 Å². The molecule has 0 radical (unpaired) electrons. The third-order valence-corrected chi connectivity index (χ3v) is 7.51. The molecule has 2 atom stereocenters. The number of hydrogen-bond acceptors (Lipinski definition) is 7. The molecule has 0 bridgehead atoms. The summed E-state index contributed by atoms with van der Waals surface area (Å²) in [5.74, 6) is -4.79. The molecule has 7 heteroatoms. The summed E-state index contributed by atoms with van der Waals surface area (Å²) in [5, 5.41) is 0. The molecule has 0 amide bonds. The molecule has 36 heavy (non-hydrogen) atoms. The Morgan fingerprint density at radius 1 is 0.917 bits per heavy atom. The van der Waals surface area contributed by atoms with Crippen LogP contribution in [0.2, 0.25) is 0 Å². The normalized spacial score (nSPS) is 30.5. The highest BCUT2D eigenvalue weighted by atomic mass is 16.7. The second-order valence-corrected chi connectivity index (χ2v) is 10.1. The van der Waals surface area contributed by atoms with Gasteiger partial charge in [0.2, 0.25) is 5.79 Å². The lowest BCUT2D eigenvalue weighted by molar-refractivity contribution is -0.270. The SMILES string of the molecule is [2H]C1OC2(CCCCC2)OC(=O)C1/C=C/C(=C/C=C1C(=O)OC2(CCCCC2)OC1=O)C1=CC=CCC1. The van der Waals surface area contributed by atoms with E-state index in [1.807, 2.05) is 12.2 Å². The molecule has 0 aromatic rings. The van der Waals surface area contributed by atoms with Gasteiger partial charge in [-0.15, -0.1) is 0 Å². The van der Waals surface area contributed by atoms with Gasteiger partial charge >= 0.3 is 17.9 Å².